The van der Waals surface area contributed by atoms with E-state index in [2.05, 4.69) is 0 Å². The van der Waals surface area contributed by atoms with Crippen LogP contribution in [0, 0.1) is 5.92 Å². The highest BCUT2D eigenvalue weighted by Crippen LogP contribution is 2.48. The normalized spacial score (nSPS) is 17.0. The second kappa shape index (κ2) is 8.47. The molecule has 3 aromatic carbocycles. The van der Waals surface area contributed by atoms with Gasteiger partial charge in [0.25, 0.3) is 0 Å². The molecule has 0 amide bonds. The van der Waals surface area contributed by atoms with Crippen LogP contribution in [0.3, 0.4) is 0 Å². The molecule has 0 saturated carbocycles. The Labute approximate surface area is 193 Å². The fourth-order valence-electron chi connectivity index (χ4n) is 4.10. The number of phenolic OH excluding ortho intramolecular Hbond substituents is 7. The minimum Gasteiger partial charge on any atom is -0.508 e. The number of aromatic hydroxyl groups is 7. The van der Waals surface area contributed by atoms with Crippen LogP contribution in [0.2, 0.25) is 0 Å². The largest absolute Gasteiger partial charge is 0.508 e. The second-order valence-electron chi connectivity index (χ2n) is 8.03. The molecule has 7 N–H and O–H groups in total. The number of methoxy groups -OCH3 is 1. The van der Waals surface area contributed by atoms with E-state index in [0.717, 1.165) is 12.1 Å². The molecule has 0 radical (unpaired) electrons. The molecular weight excluding hydrogens is 448 g/mol. The van der Waals surface area contributed by atoms with Crippen LogP contribution in [-0.4, -0.2) is 48.6 Å². The lowest BCUT2D eigenvalue weighted by molar-refractivity contribution is 0.0796. The molecule has 10 heteroatoms. The van der Waals surface area contributed by atoms with Gasteiger partial charge in [0.2, 0.25) is 5.75 Å². The molecule has 3 aromatic rings. The highest BCUT2D eigenvalue weighted by Gasteiger charge is 2.36. The molecule has 34 heavy (non-hydrogen) atoms. The van der Waals surface area contributed by atoms with E-state index in [0.29, 0.717) is 5.56 Å². The summed E-state index contributed by atoms with van der Waals surface area (Å²) in [5.41, 5.74) is 0.651. The lowest BCUT2D eigenvalue weighted by atomic mass is 9.82. The van der Waals surface area contributed by atoms with Crippen molar-refractivity contribution in [3.8, 4) is 51.7 Å². The van der Waals surface area contributed by atoms with Gasteiger partial charge in [0.1, 0.15) is 23.4 Å². The van der Waals surface area contributed by atoms with Crippen molar-refractivity contribution in [1.82, 2.24) is 0 Å². The molecule has 0 spiro atoms. The van der Waals surface area contributed by atoms with E-state index in [1.807, 2.05) is 0 Å². The van der Waals surface area contributed by atoms with Gasteiger partial charge >= 0.3 is 0 Å². The predicted octanol–water partition coefficient (Wildman–Crippen LogP) is 3.20. The molecule has 0 aliphatic carbocycles. The topological polar surface area (TPSA) is 177 Å². The van der Waals surface area contributed by atoms with Crippen molar-refractivity contribution in [2.45, 2.75) is 18.9 Å². The zero-order chi connectivity index (χ0) is 24.7. The number of carbonyl (C=O) groups excluding carboxylic acids is 1. The van der Waals surface area contributed by atoms with Crippen LogP contribution in [0.4, 0.5) is 0 Å². The Morgan fingerprint density at radius 2 is 1.53 bits per heavy atom. The Bertz CT molecular complexity index is 1260. The number of ether oxygens (including phenoxy) is 2. The van der Waals surface area contributed by atoms with E-state index < -0.39 is 46.6 Å². The number of fused-ring (bicyclic) bond motifs is 1. The van der Waals surface area contributed by atoms with E-state index in [4.69, 9.17) is 9.47 Å². The van der Waals surface area contributed by atoms with Crippen molar-refractivity contribution in [1.29, 1.82) is 0 Å². The van der Waals surface area contributed by atoms with Crippen LogP contribution in [0.15, 0.2) is 36.4 Å². The molecule has 2 atom stereocenters. The van der Waals surface area contributed by atoms with Gasteiger partial charge in [-0.05, 0) is 30.7 Å². The van der Waals surface area contributed by atoms with Gasteiger partial charge in [-0.25, -0.2) is 0 Å². The highest BCUT2D eigenvalue weighted by molar-refractivity contribution is 5.97. The monoisotopic (exact) mass is 470 g/mol. The maximum atomic E-state index is 13.1. The van der Waals surface area contributed by atoms with Crippen LogP contribution < -0.4 is 9.47 Å². The number of hydrogen-bond donors (Lipinski definition) is 7. The van der Waals surface area contributed by atoms with E-state index in [9.17, 15) is 40.5 Å². The van der Waals surface area contributed by atoms with E-state index >= 15 is 0 Å². The fourth-order valence-corrected chi connectivity index (χ4v) is 4.10. The highest BCUT2D eigenvalue weighted by atomic mass is 16.5. The van der Waals surface area contributed by atoms with Gasteiger partial charge in [-0.3, -0.25) is 4.79 Å². The van der Waals surface area contributed by atoms with Crippen molar-refractivity contribution < 1.29 is 50.0 Å². The van der Waals surface area contributed by atoms with Crippen molar-refractivity contribution in [2.75, 3.05) is 7.11 Å². The van der Waals surface area contributed by atoms with E-state index in [-0.39, 0.29) is 47.0 Å². The van der Waals surface area contributed by atoms with Crippen LogP contribution in [0.25, 0.3) is 0 Å². The molecule has 1 aliphatic heterocycles. The molecular formula is C24H22O10. The first-order chi connectivity index (χ1) is 16.1. The van der Waals surface area contributed by atoms with Crippen molar-refractivity contribution >= 4 is 5.78 Å². The lowest BCUT2D eigenvalue weighted by Gasteiger charge is -2.34. The van der Waals surface area contributed by atoms with Gasteiger partial charge in [0, 0.05) is 41.2 Å². The summed E-state index contributed by atoms with van der Waals surface area (Å²) in [4.78, 5) is 13.1. The number of phenols is 7. The van der Waals surface area contributed by atoms with Gasteiger partial charge in [-0.1, -0.05) is 0 Å². The first-order valence-corrected chi connectivity index (χ1v) is 10.2. The summed E-state index contributed by atoms with van der Waals surface area (Å²) in [5, 5.41) is 69.6. The zero-order valence-corrected chi connectivity index (χ0v) is 17.9. The Morgan fingerprint density at radius 1 is 0.882 bits per heavy atom. The van der Waals surface area contributed by atoms with Crippen molar-refractivity contribution in [3.63, 3.8) is 0 Å². The van der Waals surface area contributed by atoms with Gasteiger partial charge < -0.3 is 45.2 Å². The molecule has 0 unspecified atom stereocenters. The molecule has 0 saturated heterocycles. The average Bonchev–Trinajstić information content (AvgIpc) is 2.78. The molecule has 0 bridgehead atoms. The third-order valence-electron chi connectivity index (χ3n) is 5.78. The number of benzene rings is 3. The Kier molecular flexibility index (Phi) is 5.66. The number of carbonyl (C=O) groups is 1. The molecule has 178 valence electrons. The summed E-state index contributed by atoms with van der Waals surface area (Å²) in [7, 11) is 1.27. The Balaban J connectivity index is 1.75. The Morgan fingerprint density at radius 3 is 2.18 bits per heavy atom. The quantitative estimate of drug-likeness (QED) is 0.216. The third kappa shape index (κ3) is 4.01. The standard InChI is InChI=1S/C24H22O10/c1-33-21-7-10(3-19(30)23(21)32)15(26)4-11-2-14-16(27)8-13(25)9-20(14)34-24(11)12-5-17(28)22(31)18(29)6-12/h3,5-9,11,24-25,27-32H,2,4H2,1H3/t11-,24+/m0/s1. The molecule has 0 aromatic heterocycles. The van der Waals surface area contributed by atoms with Crippen LogP contribution in [0.1, 0.15) is 34.0 Å². The van der Waals surface area contributed by atoms with Crippen LogP contribution in [0.5, 0.6) is 51.7 Å². The summed E-state index contributed by atoms with van der Waals surface area (Å²) in [6, 6.07) is 7.17. The second-order valence-corrected chi connectivity index (χ2v) is 8.03. The fraction of sp³-hybridized carbons (Fsp3) is 0.208. The molecule has 4 rings (SSSR count). The summed E-state index contributed by atoms with van der Waals surface area (Å²) >= 11 is 0. The first-order valence-electron chi connectivity index (χ1n) is 10.2. The first kappa shape index (κ1) is 22.7. The van der Waals surface area contributed by atoms with Crippen LogP contribution >= 0.6 is 0 Å². The minimum absolute atomic E-state index is 0.0584. The van der Waals surface area contributed by atoms with E-state index in [1.165, 1.54) is 31.4 Å². The van der Waals surface area contributed by atoms with Gasteiger partial charge in [-0.15, -0.1) is 0 Å². The minimum atomic E-state index is -0.928. The van der Waals surface area contributed by atoms with Gasteiger partial charge in [-0.2, -0.15) is 0 Å². The third-order valence-corrected chi connectivity index (χ3v) is 5.78. The summed E-state index contributed by atoms with van der Waals surface area (Å²) < 4.78 is 11.0. The van der Waals surface area contributed by atoms with E-state index in [1.54, 1.807) is 0 Å². The van der Waals surface area contributed by atoms with Crippen molar-refractivity contribution in [3.05, 3.63) is 53.1 Å². The number of rotatable bonds is 5. The van der Waals surface area contributed by atoms with Crippen LogP contribution in [-0.2, 0) is 6.42 Å². The van der Waals surface area contributed by atoms with Crippen molar-refractivity contribution in [2.24, 2.45) is 5.92 Å². The SMILES string of the molecule is COc1cc(C(=O)C[C@@H]2Cc3c(O)cc(O)cc3O[C@H]2c2cc(O)c(O)c(O)c2)cc(O)c1O. The average molecular weight is 470 g/mol. The summed E-state index contributed by atoms with van der Waals surface area (Å²) in [6.45, 7) is 0. The molecule has 10 nitrogen and oxygen atoms in total. The lowest BCUT2D eigenvalue weighted by Crippen LogP contribution is -2.28. The molecule has 1 aliphatic rings. The summed E-state index contributed by atoms with van der Waals surface area (Å²) in [6.07, 6.45) is -0.968. The smallest absolute Gasteiger partial charge is 0.200 e. The number of hydrogen-bond acceptors (Lipinski definition) is 10. The number of ketones is 1. The zero-order valence-electron chi connectivity index (χ0n) is 17.9. The maximum absolute atomic E-state index is 13.1. The summed E-state index contributed by atoms with van der Waals surface area (Å²) in [5.74, 6) is -4.44. The molecule has 1 heterocycles. The maximum Gasteiger partial charge on any atom is 0.200 e. The molecule has 0 fully saturated rings. The Hall–Kier alpha value is -4.47. The predicted molar refractivity (Wildman–Crippen MR) is 117 cm³/mol. The van der Waals surface area contributed by atoms with Gasteiger partial charge in [0.05, 0.1) is 7.11 Å². The number of Topliss-reactive ketones (excluding diaryl/α,β-unsaturated/α-hetero) is 1. The van der Waals surface area contributed by atoms with Gasteiger partial charge in [0.15, 0.2) is 34.5 Å².